The van der Waals surface area contributed by atoms with Gasteiger partial charge in [-0.1, -0.05) is 64.8 Å². The van der Waals surface area contributed by atoms with Crippen molar-refractivity contribution in [1.82, 2.24) is 10.5 Å². The maximum absolute atomic E-state index is 12.1. The molecular formula is C20H20ClN3O2. The zero-order valence-corrected chi connectivity index (χ0v) is 15.4. The van der Waals surface area contributed by atoms with Crippen molar-refractivity contribution in [2.24, 2.45) is 0 Å². The zero-order chi connectivity index (χ0) is 18.5. The van der Waals surface area contributed by atoms with Crippen molar-refractivity contribution in [3.8, 4) is 11.3 Å². The molecule has 3 aromatic rings. The van der Waals surface area contributed by atoms with Gasteiger partial charge >= 0.3 is 0 Å². The van der Waals surface area contributed by atoms with Gasteiger partial charge in [-0.3, -0.25) is 10.1 Å². The smallest absolute Gasteiger partial charge is 0.240 e. The molecule has 1 amide bonds. The molecule has 1 atom stereocenters. The highest BCUT2D eigenvalue weighted by atomic mass is 35.5. The molecule has 1 heterocycles. The molecule has 0 bridgehead atoms. The van der Waals surface area contributed by atoms with Gasteiger partial charge in [-0.05, 0) is 25.5 Å². The predicted octanol–water partition coefficient (Wildman–Crippen LogP) is 4.59. The second kappa shape index (κ2) is 8.17. The topological polar surface area (TPSA) is 67.2 Å². The monoisotopic (exact) mass is 369 g/mol. The molecule has 1 aromatic heterocycles. The van der Waals surface area contributed by atoms with Gasteiger partial charge in [0.05, 0.1) is 6.54 Å². The van der Waals surface area contributed by atoms with Crippen LogP contribution in [-0.4, -0.2) is 17.6 Å². The Kier molecular flexibility index (Phi) is 5.71. The van der Waals surface area contributed by atoms with Crippen molar-refractivity contribution in [3.05, 3.63) is 70.7 Å². The summed E-state index contributed by atoms with van der Waals surface area (Å²) in [5.41, 5.74) is 3.73. The minimum atomic E-state index is -0.212. The van der Waals surface area contributed by atoms with E-state index in [2.05, 4.69) is 15.8 Å². The summed E-state index contributed by atoms with van der Waals surface area (Å²) in [5, 5.41) is 10.5. The molecule has 2 N–H and O–H groups in total. The minimum Gasteiger partial charge on any atom is -0.338 e. The third kappa shape index (κ3) is 4.50. The van der Waals surface area contributed by atoms with Gasteiger partial charge in [-0.25, -0.2) is 0 Å². The van der Waals surface area contributed by atoms with Crippen LogP contribution in [0.5, 0.6) is 0 Å². The second-order valence-corrected chi connectivity index (χ2v) is 6.52. The molecule has 0 aliphatic heterocycles. The summed E-state index contributed by atoms with van der Waals surface area (Å²) in [6.07, 6.45) is 0. The van der Waals surface area contributed by atoms with E-state index in [0.717, 1.165) is 11.1 Å². The normalized spacial score (nSPS) is 12.0. The lowest BCUT2D eigenvalue weighted by atomic mass is 10.1. The molecule has 0 spiro atoms. The van der Waals surface area contributed by atoms with Crippen molar-refractivity contribution in [1.29, 1.82) is 0 Å². The van der Waals surface area contributed by atoms with Crippen LogP contribution in [-0.2, 0) is 4.79 Å². The van der Waals surface area contributed by atoms with E-state index in [9.17, 15) is 4.79 Å². The van der Waals surface area contributed by atoms with Gasteiger partial charge < -0.3 is 9.84 Å². The van der Waals surface area contributed by atoms with Gasteiger partial charge in [-0.15, -0.1) is 0 Å². The summed E-state index contributed by atoms with van der Waals surface area (Å²) in [6, 6.07) is 17.1. The first-order valence-corrected chi connectivity index (χ1v) is 8.72. The number of carbonyl (C=O) groups is 1. The van der Waals surface area contributed by atoms with Crippen LogP contribution in [0.3, 0.4) is 0 Å². The summed E-state index contributed by atoms with van der Waals surface area (Å²) < 4.78 is 5.20. The number of hydrogen-bond acceptors (Lipinski definition) is 4. The van der Waals surface area contributed by atoms with Crippen LogP contribution >= 0.6 is 11.6 Å². The highest BCUT2D eigenvalue weighted by Gasteiger charge is 2.13. The standard InChI is InChI=1S/C20H20ClN3O2/c1-13-7-9-15(10-8-13)18-11-20(26-24-18)23-19(25)12-22-14(2)16-5-3-4-6-17(16)21/h3-11,14,22H,12H2,1-2H3,(H,23,25)/t14-/m0/s1. The van der Waals surface area contributed by atoms with E-state index in [1.54, 1.807) is 6.07 Å². The first-order chi connectivity index (χ1) is 12.5. The maximum Gasteiger partial charge on any atom is 0.240 e. The van der Waals surface area contributed by atoms with Crippen LogP contribution in [0.2, 0.25) is 5.02 Å². The Morgan fingerprint density at radius 3 is 2.65 bits per heavy atom. The van der Waals surface area contributed by atoms with E-state index in [1.807, 2.05) is 62.4 Å². The summed E-state index contributed by atoms with van der Waals surface area (Å²) in [7, 11) is 0. The van der Waals surface area contributed by atoms with Gasteiger partial charge in [0.1, 0.15) is 5.69 Å². The average Bonchev–Trinajstić information content (AvgIpc) is 3.09. The lowest BCUT2D eigenvalue weighted by Gasteiger charge is -2.15. The van der Waals surface area contributed by atoms with Crippen LogP contribution < -0.4 is 10.6 Å². The van der Waals surface area contributed by atoms with Crippen LogP contribution in [0, 0.1) is 6.92 Å². The molecule has 0 radical (unpaired) electrons. The molecular weight excluding hydrogens is 350 g/mol. The molecule has 5 nitrogen and oxygen atoms in total. The number of carbonyl (C=O) groups excluding carboxylic acids is 1. The zero-order valence-electron chi connectivity index (χ0n) is 14.6. The van der Waals surface area contributed by atoms with E-state index < -0.39 is 0 Å². The number of aromatic nitrogens is 1. The minimum absolute atomic E-state index is 0.0488. The Morgan fingerprint density at radius 2 is 1.92 bits per heavy atom. The number of rotatable bonds is 6. The van der Waals surface area contributed by atoms with Crippen LogP contribution in [0.15, 0.2) is 59.1 Å². The number of nitrogens with one attached hydrogen (secondary N) is 2. The Morgan fingerprint density at radius 1 is 1.19 bits per heavy atom. The van der Waals surface area contributed by atoms with Crippen molar-refractivity contribution in [2.45, 2.75) is 19.9 Å². The van der Waals surface area contributed by atoms with Gasteiger partial charge in [0.25, 0.3) is 0 Å². The van der Waals surface area contributed by atoms with Gasteiger partial charge in [0.2, 0.25) is 11.8 Å². The quantitative estimate of drug-likeness (QED) is 0.666. The Balaban J connectivity index is 1.55. The molecule has 26 heavy (non-hydrogen) atoms. The summed E-state index contributed by atoms with van der Waals surface area (Å²) >= 11 is 6.17. The van der Waals surface area contributed by atoms with E-state index in [1.165, 1.54) is 5.56 Å². The summed E-state index contributed by atoms with van der Waals surface area (Å²) in [4.78, 5) is 12.1. The molecule has 2 aromatic carbocycles. The van der Waals surface area contributed by atoms with Gasteiger partial charge in [0, 0.05) is 22.7 Å². The van der Waals surface area contributed by atoms with Crippen molar-refractivity contribution in [2.75, 3.05) is 11.9 Å². The van der Waals surface area contributed by atoms with Crippen LogP contribution in [0.4, 0.5) is 5.88 Å². The SMILES string of the molecule is Cc1ccc(-c2cc(NC(=O)CN[C@@H](C)c3ccccc3Cl)on2)cc1. The predicted molar refractivity (Wildman–Crippen MR) is 103 cm³/mol. The molecule has 134 valence electrons. The summed E-state index contributed by atoms with van der Waals surface area (Å²) in [5.74, 6) is 0.105. The number of halogens is 1. The second-order valence-electron chi connectivity index (χ2n) is 6.11. The Labute approximate surface area is 157 Å². The van der Waals surface area contributed by atoms with E-state index in [4.69, 9.17) is 16.1 Å². The van der Waals surface area contributed by atoms with Crippen LogP contribution in [0.25, 0.3) is 11.3 Å². The molecule has 3 rings (SSSR count). The summed E-state index contributed by atoms with van der Waals surface area (Å²) in [6.45, 7) is 4.11. The molecule has 0 saturated heterocycles. The van der Waals surface area contributed by atoms with Crippen molar-refractivity contribution < 1.29 is 9.32 Å². The van der Waals surface area contributed by atoms with Gasteiger partial charge in [-0.2, -0.15) is 0 Å². The molecule has 0 aliphatic rings. The molecule has 0 saturated carbocycles. The number of aryl methyl sites for hydroxylation is 1. The fraction of sp³-hybridized carbons (Fsp3) is 0.200. The molecule has 0 aliphatic carbocycles. The first-order valence-electron chi connectivity index (χ1n) is 8.34. The molecule has 6 heteroatoms. The number of benzene rings is 2. The fourth-order valence-electron chi connectivity index (χ4n) is 2.56. The maximum atomic E-state index is 12.1. The lowest BCUT2D eigenvalue weighted by molar-refractivity contribution is -0.115. The fourth-order valence-corrected chi connectivity index (χ4v) is 2.86. The number of amides is 1. The number of nitrogens with zero attached hydrogens (tertiary/aromatic N) is 1. The highest BCUT2D eigenvalue weighted by Crippen LogP contribution is 2.23. The number of anilines is 1. The lowest BCUT2D eigenvalue weighted by Crippen LogP contribution is -2.30. The average molecular weight is 370 g/mol. The van der Waals surface area contributed by atoms with Crippen LogP contribution in [0.1, 0.15) is 24.1 Å². The van der Waals surface area contributed by atoms with Gasteiger partial charge in [0.15, 0.2) is 0 Å². The number of hydrogen-bond donors (Lipinski definition) is 2. The Hall–Kier alpha value is -2.63. The van der Waals surface area contributed by atoms with E-state index in [0.29, 0.717) is 16.6 Å². The molecule has 0 fully saturated rings. The van der Waals surface area contributed by atoms with E-state index in [-0.39, 0.29) is 18.5 Å². The Bertz CT molecular complexity index is 890. The van der Waals surface area contributed by atoms with E-state index >= 15 is 0 Å². The third-order valence-electron chi connectivity index (χ3n) is 4.06. The molecule has 0 unspecified atom stereocenters. The highest BCUT2D eigenvalue weighted by molar-refractivity contribution is 6.31. The first kappa shape index (κ1) is 18.2. The third-order valence-corrected chi connectivity index (χ3v) is 4.40. The van der Waals surface area contributed by atoms with Crippen molar-refractivity contribution >= 4 is 23.4 Å². The largest absolute Gasteiger partial charge is 0.338 e. The van der Waals surface area contributed by atoms with Crippen molar-refractivity contribution in [3.63, 3.8) is 0 Å².